The molecule has 0 fully saturated rings. The van der Waals surface area contributed by atoms with Crippen molar-refractivity contribution in [1.29, 1.82) is 0 Å². The van der Waals surface area contributed by atoms with E-state index in [9.17, 15) is 9.59 Å². The van der Waals surface area contributed by atoms with Gasteiger partial charge in [-0.25, -0.2) is 0 Å². The maximum Gasteiger partial charge on any atom is 0.261 e. The zero-order valence-corrected chi connectivity index (χ0v) is 8.73. The molecule has 0 unspecified atom stereocenters. The Morgan fingerprint density at radius 3 is 2.80 bits per heavy atom. The number of hydrogen-bond acceptors (Lipinski definition) is 3. The number of carbonyl (C=O) groups is 2. The molecule has 78 valence electrons. The fourth-order valence-corrected chi connectivity index (χ4v) is 1.79. The van der Waals surface area contributed by atoms with E-state index in [4.69, 9.17) is 0 Å². The van der Waals surface area contributed by atoms with Gasteiger partial charge in [0.15, 0.2) is 0 Å². The molecule has 0 saturated carbocycles. The minimum absolute atomic E-state index is 0.0914. The lowest BCUT2D eigenvalue weighted by Gasteiger charge is -2.29. The second-order valence-corrected chi connectivity index (χ2v) is 3.87. The first-order valence-electron chi connectivity index (χ1n) is 4.90. The Morgan fingerprint density at radius 2 is 2.13 bits per heavy atom. The minimum Gasteiger partial charge on any atom is -0.276 e. The van der Waals surface area contributed by atoms with Gasteiger partial charge in [-0.3, -0.25) is 19.5 Å². The third kappa shape index (κ3) is 1.52. The molecule has 0 bridgehead atoms. The summed E-state index contributed by atoms with van der Waals surface area (Å²) in [7, 11) is 0. The molecule has 1 aromatic rings. The van der Waals surface area contributed by atoms with E-state index in [-0.39, 0.29) is 24.3 Å². The number of hydrogen-bond donors (Lipinski definition) is 0. The van der Waals surface area contributed by atoms with Gasteiger partial charge in [0.1, 0.15) is 0 Å². The number of amides is 2. The standard InChI is InChI=1S/C11H12N2O2/c1-7(2)13-10(14)5-8-6-12-4-3-9(8)11(13)15/h3-4,6-7H,5H2,1-2H3. The maximum absolute atomic E-state index is 11.9. The topological polar surface area (TPSA) is 50.3 Å². The molecule has 0 aliphatic carbocycles. The summed E-state index contributed by atoms with van der Waals surface area (Å²) in [6.07, 6.45) is 3.43. The Hall–Kier alpha value is -1.71. The van der Waals surface area contributed by atoms with Crippen molar-refractivity contribution in [2.75, 3.05) is 0 Å². The molecule has 1 aromatic heterocycles. The van der Waals surface area contributed by atoms with E-state index in [1.165, 1.54) is 4.90 Å². The zero-order chi connectivity index (χ0) is 11.0. The number of carbonyl (C=O) groups excluding carboxylic acids is 2. The summed E-state index contributed by atoms with van der Waals surface area (Å²) in [5.41, 5.74) is 1.32. The number of imide groups is 1. The molecule has 0 spiro atoms. The van der Waals surface area contributed by atoms with E-state index in [0.717, 1.165) is 5.56 Å². The molecular weight excluding hydrogens is 192 g/mol. The first-order chi connectivity index (χ1) is 7.11. The molecule has 2 rings (SSSR count). The van der Waals surface area contributed by atoms with Crippen LogP contribution in [0.1, 0.15) is 29.8 Å². The first-order valence-corrected chi connectivity index (χ1v) is 4.90. The molecule has 4 nitrogen and oxygen atoms in total. The Kier molecular flexibility index (Phi) is 2.26. The Morgan fingerprint density at radius 1 is 1.40 bits per heavy atom. The first kappa shape index (κ1) is 9.83. The summed E-state index contributed by atoms with van der Waals surface area (Å²) in [4.78, 5) is 28.9. The summed E-state index contributed by atoms with van der Waals surface area (Å²) >= 11 is 0. The van der Waals surface area contributed by atoms with Crippen LogP contribution in [0.15, 0.2) is 18.5 Å². The van der Waals surface area contributed by atoms with Crippen molar-refractivity contribution < 1.29 is 9.59 Å². The molecule has 0 N–H and O–H groups in total. The highest BCUT2D eigenvalue weighted by Crippen LogP contribution is 2.20. The molecule has 0 aromatic carbocycles. The van der Waals surface area contributed by atoms with Crippen LogP contribution in [0.25, 0.3) is 0 Å². The number of aromatic nitrogens is 1. The van der Waals surface area contributed by atoms with Gasteiger partial charge in [-0.1, -0.05) is 0 Å². The molecule has 2 amide bonds. The van der Waals surface area contributed by atoms with Crippen LogP contribution < -0.4 is 0 Å². The number of nitrogens with zero attached hydrogens (tertiary/aromatic N) is 2. The van der Waals surface area contributed by atoms with Gasteiger partial charge in [-0.15, -0.1) is 0 Å². The molecule has 0 atom stereocenters. The summed E-state index contributed by atoms with van der Waals surface area (Å²) in [6.45, 7) is 3.67. The Balaban J connectivity index is 2.48. The largest absolute Gasteiger partial charge is 0.276 e. The fourth-order valence-electron chi connectivity index (χ4n) is 1.79. The van der Waals surface area contributed by atoms with Gasteiger partial charge in [0.05, 0.1) is 6.42 Å². The van der Waals surface area contributed by atoms with Gasteiger partial charge in [-0.05, 0) is 25.5 Å². The maximum atomic E-state index is 11.9. The lowest BCUT2D eigenvalue weighted by atomic mass is 10.00. The fraction of sp³-hybridized carbons (Fsp3) is 0.364. The molecule has 0 radical (unpaired) electrons. The van der Waals surface area contributed by atoms with Gasteiger partial charge < -0.3 is 0 Å². The molecular formula is C11H12N2O2. The molecule has 2 heterocycles. The van der Waals surface area contributed by atoms with Gasteiger partial charge in [0.25, 0.3) is 5.91 Å². The lowest BCUT2D eigenvalue weighted by Crippen LogP contribution is -2.46. The van der Waals surface area contributed by atoms with Crippen LogP contribution in [0.3, 0.4) is 0 Å². The number of pyridine rings is 1. The van der Waals surface area contributed by atoms with E-state index in [1.807, 2.05) is 13.8 Å². The van der Waals surface area contributed by atoms with Crippen molar-refractivity contribution in [2.24, 2.45) is 0 Å². The molecule has 15 heavy (non-hydrogen) atoms. The molecule has 0 saturated heterocycles. The number of rotatable bonds is 1. The van der Waals surface area contributed by atoms with Crippen LogP contribution in [0.4, 0.5) is 0 Å². The van der Waals surface area contributed by atoms with E-state index < -0.39 is 0 Å². The Labute approximate surface area is 87.9 Å². The van der Waals surface area contributed by atoms with E-state index in [0.29, 0.717) is 5.56 Å². The van der Waals surface area contributed by atoms with Crippen molar-refractivity contribution in [3.63, 3.8) is 0 Å². The average molecular weight is 204 g/mol. The van der Waals surface area contributed by atoms with Crippen LogP contribution in [-0.4, -0.2) is 27.7 Å². The van der Waals surface area contributed by atoms with Crippen LogP contribution >= 0.6 is 0 Å². The highest BCUT2D eigenvalue weighted by molar-refractivity contribution is 6.09. The van der Waals surface area contributed by atoms with Crippen LogP contribution in [0, 0.1) is 0 Å². The van der Waals surface area contributed by atoms with Gasteiger partial charge >= 0.3 is 0 Å². The van der Waals surface area contributed by atoms with Crippen molar-refractivity contribution in [3.05, 3.63) is 29.6 Å². The van der Waals surface area contributed by atoms with Crippen molar-refractivity contribution in [2.45, 2.75) is 26.3 Å². The van der Waals surface area contributed by atoms with E-state index in [1.54, 1.807) is 18.5 Å². The Bertz CT molecular complexity index is 426. The highest BCUT2D eigenvalue weighted by Gasteiger charge is 2.32. The van der Waals surface area contributed by atoms with Crippen molar-refractivity contribution in [1.82, 2.24) is 9.88 Å². The average Bonchev–Trinajstić information content (AvgIpc) is 2.17. The monoisotopic (exact) mass is 204 g/mol. The summed E-state index contributed by atoms with van der Waals surface area (Å²) in [5, 5.41) is 0. The third-order valence-corrected chi connectivity index (χ3v) is 2.48. The van der Waals surface area contributed by atoms with Crippen molar-refractivity contribution >= 4 is 11.8 Å². The quantitative estimate of drug-likeness (QED) is 0.641. The lowest BCUT2D eigenvalue weighted by molar-refractivity contribution is -0.129. The molecule has 1 aliphatic heterocycles. The van der Waals surface area contributed by atoms with Gasteiger partial charge in [0.2, 0.25) is 5.91 Å². The van der Waals surface area contributed by atoms with Crippen LogP contribution in [-0.2, 0) is 11.2 Å². The second kappa shape index (κ2) is 3.46. The molecule has 1 aliphatic rings. The van der Waals surface area contributed by atoms with Crippen LogP contribution in [0.2, 0.25) is 0 Å². The zero-order valence-electron chi connectivity index (χ0n) is 8.73. The summed E-state index contributed by atoms with van der Waals surface area (Å²) in [6, 6.07) is 1.57. The van der Waals surface area contributed by atoms with E-state index in [2.05, 4.69) is 4.98 Å². The predicted molar refractivity (Wildman–Crippen MR) is 54.3 cm³/mol. The second-order valence-electron chi connectivity index (χ2n) is 3.87. The van der Waals surface area contributed by atoms with Crippen molar-refractivity contribution in [3.8, 4) is 0 Å². The smallest absolute Gasteiger partial charge is 0.261 e. The predicted octanol–water partition coefficient (Wildman–Crippen LogP) is 1.01. The van der Waals surface area contributed by atoms with Gasteiger partial charge in [-0.2, -0.15) is 0 Å². The minimum atomic E-state index is -0.210. The molecule has 4 heteroatoms. The van der Waals surface area contributed by atoms with Crippen LogP contribution in [0.5, 0.6) is 0 Å². The van der Waals surface area contributed by atoms with E-state index >= 15 is 0 Å². The number of fused-ring (bicyclic) bond motifs is 1. The third-order valence-electron chi connectivity index (χ3n) is 2.48. The summed E-state index contributed by atoms with van der Waals surface area (Å²) < 4.78 is 0. The normalized spacial score (nSPS) is 15.8. The highest BCUT2D eigenvalue weighted by atomic mass is 16.2. The van der Waals surface area contributed by atoms with Gasteiger partial charge in [0, 0.05) is 24.0 Å². The SMILES string of the molecule is CC(C)N1C(=O)Cc2cnccc2C1=O. The summed E-state index contributed by atoms with van der Waals surface area (Å²) in [5.74, 6) is -0.353.